The van der Waals surface area contributed by atoms with Crippen LogP contribution in [0.4, 0.5) is 0 Å². The van der Waals surface area contributed by atoms with Gasteiger partial charge in [-0.15, -0.1) is 0 Å². The summed E-state index contributed by atoms with van der Waals surface area (Å²) in [6.45, 7) is 0.445. The van der Waals surface area contributed by atoms with Crippen LogP contribution >= 0.6 is 0 Å². The number of benzene rings is 2. The van der Waals surface area contributed by atoms with Crippen LogP contribution in [0.5, 0.6) is 0 Å². The third-order valence-corrected chi connectivity index (χ3v) is 2.68. The van der Waals surface area contributed by atoms with E-state index in [1.807, 2.05) is 54.6 Å². The van der Waals surface area contributed by atoms with Crippen molar-refractivity contribution in [1.82, 2.24) is 0 Å². The van der Waals surface area contributed by atoms with Gasteiger partial charge in [0.25, 0.3) is 0 Å². The second-order valence-electron chi connectivity index (χ2n) is 3.72. The Bertz CT molecular complexity index is 453. The van der Waals surface area contributed by atoms with Gasteiger partial charge >= 0.3 is 0 Å². The lowest BCUT2D eigenvalue weighted by molar-refractivity contribution is 0.219. The molecule has 0 amide bonds. The van der Waals surface area contributed by atoms with Crippen LogP contribution in [0.25, 0.3) is 0 Å². The molecule has 0 aromatic heterocycles. The summed E-state index contributed by atoms with van der Waals surface area (Å²) in [5, 5.41) is 10.2. The second kappa shape index (κ2) is 4.92. The molecule has 2 nitrogen and oxygen atoms in total. The molecular weight excluding hydrogens is 198 g/mol. The van der Waals surface area contributed by atoms with E-state index in [0.29, 0.717) is 6.54 Å². The number of aliphatic hydroxyl groups is 1. The minimum absolute atomic E-state index is 0.445. The largest absolute Gasteiger partial charge is 0.384 e. The quantitative estimate of drug-likeness (QED) is 0.821. The van der Waals surface area contributed by atoms with Crippen molar-refractivity contribution in [3.63, 3.8) is 0 Å². The van der Waals surface area contributed by atoms with Crippen molar-refractivity contribution >= 4 is 0 Å². The molecular formula is C14H15NO. The summed E-state index contributed by atoms with van der Waals surface area (Å²) in [6.07, 6.45) is -0.596. The zero-order valence-corrected chi connectivity index (χ0v) is 9.01. The van der Waals surface area contributed by atoms with Gasteiger partial charge < -0.3 is 10.8 Å². The highest BCUT2D eigenvalue weighted by molar-refractivity contribution is 5.35. The van der Waals surface area contributed by atoms with E-state index in [1.165, 1.54) is 0 Å². The molecule has 2 rings (SSSR count). The average molecular weight is 213 g/mol. The lowest BCUT2D eigenvalue weighted by atomic mass is 9.97. The molecule has 0 aliphatic heterocycles. The van der Waals surface area contributed by atoms with Gasteiger partial charge in [0.1, 0.15) is 6.10 Å². The van der Waals surface area contributed by atoms with Gasteiger partial charge in [-0.25, -0.2) is 0 Å². The van der Waals surface area contributed by atoms with Gasteiger partial charge in [-0.1, -0.05) is 54.6 Å². The van der Waals surface area contributed by atoms with E-state index in [9.17, 15) is 5.11 Å². The van der Waals surface area contributed by atoms with Crippen molar-refractivity contribution in [3.8, 4) is 0 Å². The third-order valence-electron chi connectivity index (χ3n) is 2.68. The summed E-state index contributed by atoms with van der Waals surface area (Å²) in [6, 6.07) is 17.3. The number of rotatable bonds is 3. The number of nitrogens with two attached hydrogens (primary N) is 1. The molecule has 0 radical (unpaired) electrons. The molecule has 0 spiro atoms. The molecule has 2 aromatic rings. The zero-order valence-electron chi connectivity index (χ0n) is 9.01. The van der Waals surface area contributed by atoms with Crippen LogP contribution in [0.1, 0.15) is 22.8 Å². The fraction of sp³-hybridized carbons (Fsp3) is 0.143. The standard InChI is InChI=1S/C14H15NO/c15-10-12-8-4-5-9-13(12)14(16)11-6-2-1-3-7-11/h1-9,14,16H,10,15H2/t14-/m0/s1. The molecule has 0 fully saturated rings. The molecule has 16 heavy (non-hydrogen) atoms. The Morgan fingerprint density at radius 3 is 2.25 bits per heavy atom. The predicted molar refractivity (Wildman–Crippen MR) is 64.8 cm³/mol. The van der Waals surface area contributed by atoms with Crippen LogP contribution in [0.15, 0.2) is 54.6 Å². The molecule has 2 heteroatoms. The van der Waals surface area contributed by atoms with Gasteiger partial charge in [-0.2, -0.15) is 0 Å². The molecule has 0 aliphatic rings. The van der Waals surface area contributed by atoms with Crippen molar-refractivity contribution < 1.29 is 5.11 Å². The van der Waals surface area contributed by atoms with Crippen molar-refractivity contribution in [2.45, 2.75) is 12.6 Å². The summed E-state index contributed by atoms with van der Waals surface area (Å²) in [7, 11) is 0. The van der Waals surface area contributed by atoms with Gasteiger partial charge in [0.15, 0.2) is 0 Å². The first-order valence-electron chi connectivity index (χ1n) is 5.34. The molecule has 0 heterocycles. The van der Waals surface area contributed by atoms with Gasteiger partial charge in [-0.05, 0) is 16.7 Å². The molecule has 0 saturated carbocycles. The Hall–Kier alpha value is -1.64. The number of hydrogen-bond donors (Lipinski definition) is 2. The van der Waals surface area contributed by atoms with E-state index in [0.717, 1.165) is 16.7 Å². The van der Waals surface area contributed by atoms with E-state index in [-0.39, 0.29) is 0 Å². The molecule has 0 saturated heterocycles. The summed E-state index contributed by atoms with van der Waals surface area (Å²) in [4.78, 5) is 0. The third kappa shape index (κ3) is 2.13. The van der Waals surface area contributed by atoms with Gasteiger partial charge in [-0.3, -0.25) is 0 Å². The van der Waals surface area contributed by atoms with Crippen molar-refractivity contribution in [2.24, 2.45) is 5.73 Å². The van der Waals surface area contributed by atoms with Crippen LogP contribution < -0.4 is 5.73 Å². The Balaban J connectivity index is 2.37. The van der Waals surface area contributed by atoms with E-state index in [4.69, 9.17) is 5.73 Å². The van der Waals surface area contributed by atoms with E-state index < -0.39 is 6.10 Å². The van der Waals surface area contributed by atoms with E-state index in [2.05, 4.69) is 0 Å². The minimum atomic E-state index is -0.596. The lowest BCUT2D eigenvalue weighted by Crippen LogP contribution is -2.07. The second-order valence-corrected chi connectivity index (χ2v) is 3.72. The first-order valence-corrected chi connectivity index (χ1v) is 5.34. The Labute approximate surface area is 95.4 Å². The number of aliphatic hydroxyl groups excluding tert-OH is 1. The molecule has 3 N–H and O–H groups in total. The average Bonchev–Trinajstić information content (AvgIpc) is 2.39. The highest BCUT2D eigenvalue weighted by Gasteiger charge is 2.12. The fourth-order valence-corrected chi connectivity index (χ4v) is 1.80. The number of hydrogen-bond acceptors (Lipinski definition) is 2. The fourth-order valence-electron chi connectivity index (χ4n) is 1.80. The smallest absolute Gasteiger partial charge is 0.104 e. The molecule has 0 aliphatic carbocycles. The van der Waals surface area contributed by atoms with E-state index >= 15 is 0 Å². The van der Waals surface area contributed by atoms with Crippen molar-refractivity contribution in [3.05, 3.63) is 71.3 Å². The van der Waals surface area contributed by atoms with Crippen LogP contribution in [-0.4, -0.2) is 5.11 Å². The van der Waals surface area contributed by atoms with Crippen molar-refractivity contribution in [2.75, 3.05) is 0 Å². The molecule has 2 aromatic carbocycles. The first kappa shape index (κ1) is 10.9. The maximum absolute atomic E-state index is 10.2. The maximum atomic E-state index is 10.2. The highest BCUT2D eigenvalue weighted by atomic mass is 16.3. The molecule has 0 bridgehead atoms. The van der Waals surface area contributed by atoms with Gasteiger partial charge in [0, 0.05) is 6.54 Å². The monoisotopic (exact) mass is 213 g/mol. The summed E-state index contributed by atoms with van der Waals surface area (Å²) in [5.74, 6) is 0. The minimum Gasteiger partial charge on any atom is -0.384 e. The Morgan fingerprint density at radius 2 is 1.56 bits per heavy atom. The first-order chi connectivity index (χ1) is 7.83. The molecule has 1 atom stereocenters. The maximum Gasteiger partial charge on any atom is 0.104 e. The molecule has 82 valence electrons. The van der Waals surface area contributed by atoms with E-state index in [1.54, 1.807) is 0 Å². The van der Waals surface area contributed by atoms with Gasteiger partial charge in [0.2, 0.25) is 0 Å². The van der Waals surface area contributed by atoms with Crippen LogP contribution in [0.2, 0.25) is 0 Å². The van der Waals surface area contributed by atoms with Crippen LogP contribution in [0.3, 0.4) is 0 Å². The Kier molecular flexibility index (Phi) is 3.34. The highest BCUT2D eigenvalue weighted by Crippen LogP contribution is 2.24. The predicted octanol–water partition coefficient (Wildman–Crippen LogP) is 2.23. The van der Waals surface area contributed by atoms with Crippen LogP contribution in [-0.2, 0) is 6.54 Å². The van der Waals surface area contributed by atoms with Crippen molar-refractivity contribution in [1.29, 1.82) is 0 Å². The summed E-state index contributed by atoms with van der Waals surface area (Å²) >= 11 is 0. The van der Waals surface area contributed by atoms with Gasteiger partial charge in [0.05, 0.1) is 0 Å². The summed E-state index contributed by atoms with van der Waals surface area (Å²) < 4.78 is 0. The normalized spacial score (nSPS) is 12.4. The summed E-state index contributed by atoms with van der Waals surface area (Å²) in [5.41, 5.74) is 8.42. The Morgan fingerprint density at radius 1 is 0.938 bits per heavy atom. The van der Waals surface area contributed by atoms with Crippen LogP contribution in [0, 0.1) is 0 Å². The zero-order chi connectivity index (χ0) is 11.4. The molecule has 0 unspecified atom stereocenters. The SMILES string of the molecule is NCc1ccccc1[C@@H](O)c1ccccc1. The lowest BCUT2D eigenvalue weighted by Gasteiger charge is -2.14. The topological polar surface area (TPSA) is 46.2 Å².